The minimum Gasteiger partial charge on any atom is -0.462 e. The predicted molar refractivity (Wildman–Crippen MR) is 126 cm³/mol. The fourth-order valence-corrected chi connectivity index (χ4v) is 4.88. The van der Waals surface area contributed by atoms with Crippen molar-refractivity contribution in [2.24, 2.45) is 0 Å². The van der Waals surface area contributed by atoms with Gasteiger partial charge in [0.15, 0.2) is 0 Å². The summed E-state index contributed by atoms with van der Waals surface area (Å²) < 4.78 is 5.06. The number of anilines is 1. The number of ether oxygens (including phenoxy) is 1. The molecule has 166 valence electrons. The van der Waals surface area contributed by atoms with Crippen molar-refractivity contribution in [3.05, 3.63) is 40.3 Å². The molecule has 3 rings (SSSR count). The van der Waals surface area contributed by atoms with E-state index in [4.69, 9.17) is 4.74 Å². The summed E-state index contributed by atoms with van der Waals surface area (Å²) in [5.41, 5.74) is 4.27. The first-order chi connectivity index (χ1) is 14.5. The fraction of sp³-hybridized carbons (Fsp3) is 0.458. The Kier molecular flexibility index (Phi) is 6.65. The standard InChI is InChI=1S/C24H30N2O4S/c1-7-10-26-19-9-8-17(11-18(19)16(4)13-24(26,5)6)12-20-22(28)25(23(29)31-20)14-21(27)30-15(2)3/h8-9,11-13,15H,7,10,14H2,1-6H3/b20-12-. The van der Waals surface area contributed by atoms with Crippen LogP contribution in [-0.2, 0) is 14.3 Å². The summed E-state index contributed by atoms with van der Waals surface area (Å²) in [7, 11) is 0. The Bertz CT molecular complexity index is 978. The summed E-state index contributed by atoms with van der Waals surface area (Å²) >= 11 is 0.850. The molecule has 0 unspecified atom stereocenters. The van der Waals surface area contributed by atoms with Crippen LogP contribution < -0.4 is 4.90 Å². The van der Waals surface area contributed by atoms with Gasteiger partial charge in [-0.2, -0.15) is 0 Å². The largest absolute Gasteiger partial charge is 0.462 e. The Balaban J connectivity index is 1.87. The molecule has 6 nitrogen and oxygen atoms in total. The number of hydrogen-bond donors (Lipinski definition) is 0. The van der Waals surface area contributed by atoms with Crippen molar-refractivity contribution in [2.75, 3.05) is 18.0 Å². The van der Waals surface area contributed by atoms with E-state index in [2.05, 4.69) is 50.8 Å². The van der Waals surface area contributed by atoms with Crippen molar-refractivity contribution in [1.82, 2.24) is 4.90 Å². The van der Waals surface area contributed by atoms with Gasteiger partial charge in [0.1, 0.15) is 6.54 Å². The summed E-state index contributed by atoms with van der Waals surface area (Å²) in [6.07, 6.45) is 4.73. The van der Waals surface area contributed by atoms with Gasteiger partial charge in [-0.3, -0.25) is 19.3 Å². The number of imide groups is 1. The lowest BCUT2D eigenvalue weighted by Crippen LogP contribution is -2.45. The zero-order valence-corrected chi connectivity index (χ0v) is 19.8. The van der Waals surface area contributed by atoms with E-state index in [1.807, 2.05) is 6.07 Å². The van der Waals surface area contributed by atoms with E-state index in [9.17, 15) is 14.4 Å². The molecule has 31 heavy (non-hydrogen) atoms. The number of nitrogens with zero attached hydrogens (tertiary/aromatic N) is 2. The van der Waals surface area contributed by atoms with E-state index < -0.39 is 17.1 Å². The van der Waals surface area contributed by atoms with Crippen LogP contribution in [0.15, 0.2) is 29.2 Å². The molecule has 1 aromatic carbocycles. The number of carbonyl (C=O) groups is 3. The molecule has 1 fully saturated rings. The summed E-state index contributed by atoms with van der Waals surface area (Å²) in [6, 6.07) is 6.11. The lowest BCUT2D eigenvalue weighted by molar-refractivity contribution is -0.149. The number of fused-ring (bicyclic) bond motifs is 1. The fourth-order valence-electron chi connectivity index (χ4n) is 4.04. The molecule has 0 radical (unpaired) electrons. The van der Waals surface area contributed by atoms with E-state index in [1.165, 1.54) is 11.3 Å². The third-order valence-electron chi connectivity index (χ3n) is 5.27. The minimum atomic E-state index is -0.591. The summed E-state index contributed by atoms with van der Waals surface area (Å²) in [5.74, 6) is -1.05. The Morgan fingerprint density at radius 2 is 1.97 bits per heavy atom. The van der Waals surface area contributed by atoms with Crippen LogP contribution in [0.5, 0.6) is 0 Å². The molecule has 2 aliphatic heterocycles. The topological polar surface area (TPSA) is 66.9 Å². The molecule has 0 saturated carbocycles. The zero-order valence-electron chi connectivity index (χ0n) is 19.0. The van der Waals surface area contributed by atoms with Crippen LogP contribution in [0.4, 0.5) is 10.5 Å². The Labute approximate surface area is 188 Å². The van der Waals surface area contributed by atoms with Crippen LogP contribution >= 0.6 is 11.8 Å². The second kappa shape index (κ2) is 8.91. The van der Waals surface area contributed by atoms with E-state index in [-0.39, 0.29) is 18.2 Å². The predicted octanol–water partition coefficient (Wildman–Crippen LogP) is 5.09. The highest BCUT2D eigenvalue weighted by Gasteiger charge is 2.37. The Morgan fingerprint density at radius 3 is 2.61 bits per heavy atom. The quantitative estimate of drug-likeness (QED) is 0.452. The lowest BCUT2D eigenvalue weighted by Gasteiger charge is -2.43. The van der Waals surface area contributed by atoms with E-state index >= 15 is 0 Å². The van der Waals surface area contributed by atoms with E-state index in [0.717, 1.165) is 40.8 Å². The smallest absolute Gasteiger partial charge is 0.326 e. The molecule has 2 aliphatic rings. The number of amides is 2. The van der Waals surface area contributed by atoms with Crippen molar-refractivity contribution in [2.45, 2.75) is 59.6 Å². The van der Waals surface area contributed by atoms with Gasteiger partial charge in [-0.05, 0) is 82.1 Å². The average molecular weight is 443 g/mol. The SMILES string of the molecule is CCCN1c2ccc(/C=C3\SC(=O)N(CC(=O)OC(C)C)C3=O)cc2C(C)=CC1(C)C. The molecule has 1 aromatic rings. The minimum absolute atomic E-state index is 0.0676. The number of benzene rings is 1. The lowest BCUT2D eigenvalue weighted by atomic mass is 9.88. The summed E-state index contributed by atoms with van der Waals surface area (Å²) in [4.78, 5) is 40.5. The van der Waals surface area contributed by atoms with Gasteiger partial charge in [-0.1, -0.05) is 19.1 Å². The van der Waals surface area contributed by atoms with Crippen molar-refractivity contribution < 1.29 is 19.1 Å². The van der Waals surface area contributed by atoms with E-state index in [1.54, 1.807) is 19.9 Å². The number of thioether (sulfide) groups is 1. The highest BCUT2D eigenvalue weighted by Crippen LogP contribution is 2.40. The summed E-state index contributed by atoms with van der Waals surface area (Å²) in [5, 5.41) is -0.457. The Morgan fingerprint density at radius 1 is 1.26 bits per heavy atom. The highest BCUT2D eigenvalue weighted by atomic mass is 32.2. The van der Waals surface area contributed by atoms with Crippen molar-refractivity contribution in [3.8, 4) is 0 Å². The van der Waals surface area contributed by atoms with Crippen LogP contribution in [0.2, 0.25) is 0 Å². The first kappa shape index (κ1) is 23.1. The van der Waals surface area contributed by atoms with Crippen molar-refractivity contribution >= 4 is 46.2 Å². The number of hydrogen-bond acceptors (Lipinski definition) is 6. The van der Waals surface area contributed by atoms with Crippen LogP contribution in [0.25, 0.3) is 11.6 Å². The second-order valence-corrected chi connectivity index (χ2v) is 9.71. The maximum Gasteiger partial charge on any atom is 0.326 e. The van der Waals surface area contributed by atoms with Crippen molar-refractivity contribution in [3.63, 3.8) is 0 Å². The second-order valence-electron chi connectivity index (χ2n) is 8.72. The normalized spacial score (nSPS) is 19.2. The van der Waals surface area contributed by atoms with Crippen LogP contribution in [0.3, 0.4) is 0 Å². The van der Waals surface area contributed by atoms with Gasteiger partial charge >= 0.3 is 5.97 Å². The molecule has 1 saturated heterocycles. The zero-order chi connectivity index (χ0) is 22.9. The molecule has 7 heteroatoms. The van der Waals surface area contributed by atoms with Crippen LogP contribution in [0.1, 0.15) is 59.1 Å². The molecular formula is C24H30N2O4S. The van der Waals surface area contributed by atoms with Gasteiger partial charge in [0.25, 0.3) is 11.1 Å². The van der Waals surface area contributed by atoms with Gasteiger partial charge < -0.3 is 9.64 Å². The highest BCUT2D eigenvalue weighted by molar-refractivity contribution is 8.18. The average Bonchev–Trinajstić information content (AvgIpc) is 2.91. The molecule has 2 amide bonds. The molecule has 0 aliphatic carbocycles. The van der Waals surface area contributed by atoms with Crippen LogP contribution in [-0.4, -0.2) is 46.7 Å². The third-order valence-corrected chi connectivity index (χ3v) is 6.18. The molecular weight excluding hydrogens is 412 g/mol. The van der Waals surface area contributed by atoms with Gasteiger partial charge in [-0.25, -0.2) is 0 Å². The van der Waals surface area contributed by atoms with Gasteiger partial charge in [0, 0.05) is 17.8 Å². The summed E-state index contributed by atoms with van der Waals surface area (Å²) in [6.45, 7) is 12.7. The maximum atomic E-state index is 12.7. The molecule has 0 N–H and O–H groups in total. The molecule has 0 atom stereocenters. The first-order valence-corrected chi connectivity index (χ1v) is 11.4. The number of carbonyl (C=O) groups excluding carboxylic acids is 3. The monoisotopic (exact) mass is 442 g/mol. The van der Waals surface area contributed by atoms with Gasteiger partial charge in [0.05, 0.1) is 16.5 Å². The van der Waals surface area contributed by atoms with Crippen molar-refractivity contribution in [1.29, 1.82) is 0 Å². The first-order valence-electron chi connectivity index (χ1n) is 10.6. The molecule has 0 spiro atoms. The number of allylic oxidation sites excluding steroid dienone is 1. The number of esters is 1. The Hall–Kier alpha value is -2.54. The van der Waals surface area contributed by atoms with Crippen LogP contribution in [0, 0.1) is 0 Å². The number of rotatable bonds is 6. The maximum absolute atomic E-state index is 12.7. The van der Waals surface area contributed by atoms with Gasteiger partial charge in [-0.15, -0.1) is 0 Å². The van der Waals surface area contributed by atoms with E-state index in [0.29, 0.717) is 4.91 Å². The molecule has 0 aromatic heterocycles. The molecule has 0 bridgehead atoms. The molecule has 2 heterocycles. The van der Waals surface area contributed by atoms with Gasteiger partial charge in [0.2, 0.25) is 0 Å². The third kappa shape index (κ3) is 4.87.